The molecule has 2 amide bonds. The van der Waals surface area contributed by atoms with Crippen LogP contribution in [-0.4, -0.2) is 29.8 Å². The molecule has 0 bridgehead atoms. The normalized spacial score (nSPS) is 10.3. The Labute approximate surface area is 127 Å². The maximum atomic E-state index is 12.0. The summed E-state index contributed by atoms with van der Waals surface area (Å²) in [6, 6.07) is 5.97. The molecule has 116 valence electrons. The molecule has 4 heteroatoms. The van der Waals surface area contributed by atoms with Crippen LogP contribution in [0.2, 0.25) is 0 Å². The number of anilines is 1. The predicted molar refractivity (Wildman–Crippen MR) is 86.3 cm³/mol. The van der Waals surface area contributed by atoms with E-state index in [0.717, 1.165) is 36.2 Å². The van der Waals surface area contributed by atoms with Gasteiger partial charge in [0.25, 0.3) is 0 Å². The van der Waals surface area contributed by atoms with Crippen LogP contribution in [0.4, 0.5) is 5.69 Å². The van der Waals surface area contributed by atoms with Crippen molar-refractivity contribution in [3.8, 4) is 0 Å². The first-order valence-electron chi connectivity index (χ1n) is 7.56. The Morgan fingerprint density at radius 2 is 1.71 bits per heavy atom. The topological polar surface area (TPSA) is 49.4 Å². The minimum Gasteiger partial charge on any atom is -0.342 e. The number of unbranched alkanes of at least 4 members (excludes halogenated alkanes) is 1. The predicted octanol–water partition coefficient (Wildman–Crippen LogP) is 3.28. The van der Waals surface area contributed by atoms with Crippen molar-refractivity contribution in [2.24, 2.45) is 0 Å². The maximum absolute atomic E-state index is 12.0. The van der Waals surface area contributed by atoms with Crippen LogP contribution in [0.1, 0.15) is 44.2 Å². The highest BCUT2D eigenvalue weighted by molar-refractivity contribution is 5.91. The van der Waals surface area contributed by atoms with Crippen molar-refractivity contribution in [2.75, 3.05) is 18.4 Å². The van der Waals surface area contributed by atoms with E-state index in [9.17, 15) is 9.59 Å². The first-order chi connectivity index (χ1) is 9.92. The number of nitrogens with one attached hydrogen (secondary N) is 1. The highest BCUT2D eigenvalue weighted by Crippen LogP contribution is 2.14. The standard InChI is InChI=1S/C17H26N2O2/c1-5-6-8-19(15(4)20)9-7-17(21)18-16-11-13(2)10-14(3)12-16/h10-12H,5-9H2,1-4H3,(H,18,21). The summed E-state index contributed by atoms with van der Waals surface area (Å²) in [4.78, 5) is 25.2. The fourth-order valence-corrected chi connectivity index (χ4v) is 2.28. The second kappa shape index (κ2) is 8.45. The number of amides is 2. The summed E-state index contributed by atoms with van der Waals surface area (Å²) in [6.45, 7) is 8.85. The quantitative estimate of drug-likeness (QED) is 0.837. The molecule has 0 aliphatic heterocycles. The number of carbonyl (C=O) groups excluding carboxylic acids is 2. The molecule has 0 saturated carbocycles. The molecule has 0 spiro atoms. The summed E-state index contributed by atoms with van der Waals surface area (Å²) < 4.78 is 0. The Bertz CT molecular complexity index is 477. The van der Waals surface area contributed by atoms with Crippen LogP contribution < -0.4 is 5.32 Å². The lowest BCUT2D eigenvalue weighted by Gasteiger charge is -2.20. The van der Waals surface area contributed by atoms with Crippen molar-refractivity contribution >= 4 is 17.5 Å². The van der Waals surface area contributed by atoms with Crippen molar-refractivity contribution in [3.63, 3.8) is 0 Å². The van der Waals surface area contributed by atoms with Crippen LogP contribution in [0.3, 0.4) is 0 Å². The minimum absolute atomic E-state index is 0.0302. The fraction of sp³-hybridized carbons (Fsp3) is 0.529. The largest absolute Gasteiger partial charge is 0.342 e. The molecule has 4 nitrogen and oxygen atoms in total. The third-order valence-corrected chi connectivity index (χ3v) is 3.34. The molecular formula is C17H26N2O2. The van der Waals surface area contributed by atoms with E-state index in [1.165, 1.54) is 0 Å². The first kappa shape index (κ1) is 17.2. The van der Waals surface area contributed by atoms with Crippen LogP contribution in [0, 0.1) is 13.8 Å². The first-order valence-corrected chi connectivity index (χ1v) is 7.56. The number of benzene rings is 1. The van der Waals surface area contributed by atoms with Crippen LogP contribution in [0.15, 0.2) is 18.2 Å². The Morgan fingerprint density at radius 3 is 2.24 bits per heavy atom. The molecule has 21 heavy (non-hydrogen) atoms. The fourth-order valence-electron chi connectivity index (χ4n) is 2.28. The average molecular weight is 290 g/mol. The van der Waals surface area contributed by atoms with Crippen molar-refractivity contribution in [1.29, 1.82) is 0 Å². The van der Waals surface area contributed by atoms with Crippen molar-refractivity contribution in [2.45, 2.75) is 47.0 Å². The Hall–Kier alpha value is -1.84. The van der Waals surface area contributed by atoms with Gasteiger partial charge in [0.15, 0.2) is 0 Å². The van der Waals surface area contributed by atoms with Gasteiger partial charge in [-0.25, -0.2) is 0 Å². The molecule has 0 aliphatic carbocycles. The molecule has 1 rings (SSSR count). The Morgan fingerprint density at radius 1 is 1.10 bits per heavy atom. The zero-order valence-electron chi connectivity index (χ0n) is 13.5. The van der Waals surface area contributed by atoms with Crippen molar-refractivity contribution < 1.29 is 9.59 Å². The van der Waals surface area contributed by atoms with Gasteiger partial charge >= 0.3 is 0 Å². The highest BCUT2D eigenvalue weighted by Gasteiger charge is 2.11. The average Bonchev–Trinajstić information content (AvgIpc) is 2.36. The zero-order valence-corrected chi connectivity index (χ0v) is 13.5. The SMILES string of the molecule is CCCCN(CCC(=O)Nc1cc(C)cc(C)c1)C(C)=O. The number of carbonyl (C=O) groups is 2. The molecule has 0 unspecified atom stereocenters. The van der Waals surface area contributed by atoms with Gasteiger partial charge in [-0.3, -0.25) is 9.59 Å². The third-order valence-electron chi connectivity index (χ3n) is 3.34. The van der Waals surface area contributed by atoms with E-state index in [1.54, 1.807) is 11.8 Å². The van der Waals surface area contributed by atoms with Crippen molar-refractivity contribution in [1.82, 2.24) is 4.90 Å². The summed E-state index contributed by atoms with van der Waals surface area (Å²) >= 11 is 0. The summed E-state index contributed by atoms with van der Waals surface area (Å²) in [5.41, 5.74) is 3.07. The van der Waals surface area contributed by atoms with E-state index in [-0.39, 0.29) is 11.8 Å². The number of nitrogens with zero attached hydrogens (tertiary/aromatic N) is 1. The Balaban J connectivity index is 2.50. The number of hydrogen-bond acceptors (Lipinski definition) is 2. The van der Waals surface area contributed by atoms with Gasteiger partial charge in [-0.15, -0.1) is 0 Å². The smallest absolute Gasteiger partial charge is 0.226 e. The molecule has 0 saturated heterocycles. The lowest BCUT2D eigenvalue weighted by atomic mass is 10.1. The maximum Gasteiger partial charge on any atom is 0.226 e. The van der Waals surface area contributed by atoms with E-state index >= 15 is 0 Å². The highest BCUT2D eigenvalue weighted by atomic mass is 16.2. The van der Waals surface area contributed by atoms with Gasteiger partial charge in [0.1, 0.15) is 0 Å². The molecule has 0 aliphatic rings. The molecule has 1 aromatic rings. The summed E-state index contributed by atoms with van der Waals surface area (Å²) in [5.74, 6) is -0.0228. The monoisotopic (exact) mass is 290 g/mol. The molecular weight excluding hydrogens is 264 g/mol. The minimum atomic E-state index is -0.0530. The second-order valence-electron chi connectivity index (χ2n) is 5.53. The van der Waals surface area contributed by atoms with Crippen LogP contribution in [0.25, 0.3) is 0 Å². The molecule has 0 aromatic heterocycles. The van der Waals surface area contributed by atoms with Crippen LogP contribution in [-0.2, 0) is 9.59 Å². The van der Waals surface area contributed by atoms with Crippen LogP contribution >= 0.6 is 0 Å². The molecule has 0 heterocycles. The van der Waals surface area contributed by atoms with E-state index in [0.29, 0.717) is 13.0 Å². The lowest BCUT2D eigenvalue weighted by Crippen LogP contribution is -2.32. The van der Waals surface area contributed by atoms with E-state index in [4.69, 9.17) is 0 Å². The molecule has 0 fully saturated rings. The van der Waals surface area contributed by atoms with Gasteiger partial charge in [-0.05, 0) is 43.5 Å². The molecule has 0 radical (unpaired) electrons. The van der Waals surface area contributed by atoms with Crippen LogP contribution in [0.5, 0.6) is 0 Å². The van der Waals surface area contributed by atoms with Gasteiger partial charge in [-0.1, -0.05) is 19.4 Å². The molecule has 0 atom stereocenters. The van der Waals surface area contributed by atoms with Gasteiger partial charge in [0.05, 0.1) is 0 Å². The summed E-state index contributed by atoms with van der Waals surface area (Å²) in [5, 5.41) is 2.90. The second-order valence-corrected chi connectivity index (χ2v) is 5.53. The molecule has 1 aromatic carbocycles. The third kappa shape index (κ3) is 6.43. The van der Waals surface area contributed by atoms with Gasteiger partial charge < -0.3 is 10.2 Å². The van der Waals surface area contributed by atoms with Gasteiger partial charge in [0, 0.05) is 32.1 Å². The van der Waals surface area contributed by atoms with Gasteiger partial charge in [-0.2, -0.15) is 0 Å². The molecule has 1 N–H and O–H groups in total. The summed E-state index contributed by atoms with van der Waals surface area (Å²) in [6.07, 6.45) is 2.34. The van der Waals surface area contributed by atoms with Gasteiger partial charge in [0.2, 0.25) is 11.8 Å². The zero-order chi connectivity index (χ0) is 15.8. The van der Waals surface area contributed by atoms with E-state index < -0.39 is 0 Å². The van der Waals surface area contributed by atoms with Crippen molar-refractivity contribution in [3.05, 3.63) is 29.3 Å². The number of aryl methyl sites for hydroxylation is 2. The lowest BCUT2D eigenvalue weighted by molar-refractivity contribution is -0.129. The number of rotatable bonds is 7. The van der Waals surface area contributed by atoms with E-state index in [1.807, 2.05) is 26.0 Å². The Kier molecular flexibility index (Phi) is 6.92. The van der Waals surface area contributed by atoms with E-state index in [2.05, 4.69) is 18.3 Å². The summed E-state index contributed by atoms with van der Waals surface area (Å²) in [7, 11) is 0. The number of hydrogen-bond donors (Lipinski definition) is 1.